The summed E-state index contributed by atoms with van der Waals surface area (Å²) in [5.41, 5.74) is 2.76. The number of fused-ring (bicyclic) bond motifs is 1. The lowest BCUT2D eigenvalue weighted by atomic mass is 10.2. The number of nitrogens with one attached hydrogen (secondary N) is 1. The molecule has 0 atom stereocenters. The third-order valence-electron chi connectivity index (χ3n) is 7.21. The van der Waals surface area contributed by atoms with Crippen molar-refractivity contribution in [2.45, 2.75) is 38.3 Å². The van der Waals surface area contributed by atoms with Crippen molar-refractivity contribution in [3.63, 3.8) is 0 Å². The van der Waals surface area contributed by atoms with Gasteiger partial charge in [0.1, 0.15) is 0 Å². The summed E-state index contributed by atoms with van der Waals surface area (Å²) in [5.74, 6) is 2.27. The van der Waals surface area contributed by atoms with Crippen LogP contribution in [0.4, 0.5) is 11.8 Å². The van der Waals surface area contributed by atoms with E-state index in [4.69, 9.17) is 15.0 Å². The second-order valence-corrected chi connectivity index (χ2v) is 9.52. The number of piperazine rings is 1. The summed E-state index contributed by atoms with van der Waals surface area (Å²) in [6, 6.07) is 6.34. The molecular weight excluding hydrogens is 456 g/mol. The lowest BCUT2D eigenvalue weighted by molar-refractivity contribution is 0.188. The summed E-state index contributed by atoms with van der Waals surface area (Å²) in [6.45, 7) is 4.93. The van der Waals surface area contributed by atoms with Crippen molar-refractivity contribution < 1.29 is 5.11 Å². The third-order valence-corrected chi connectivity index (χ3v) is 7.21. The molecule has 1 saturated heterocycles. The molecule has 11 nitrogen and oxygen atoms in total. The molecule has 2 aliphatic rings. The van der Waals surface area contributed by atoms with Crippen LogP contribution in [-0.2, 0) is 6.54 Å². The van der Waals surface area contributed by atoms with Gasteiger partial charge in [-0.2, -0.15) is 15.1 Å². The van der Waals surface area contributed by atoms with Crippen LogP contribution in [0.1, 0.15) is 37.3 Å². The normalized spacial score (nSPS) is 17.3. The van der Waals surface area contributed by atoms with E-state index in [2.05, 4.69) is 29.8 Å². The zero-order chi connectivity index (χ0) is 24.3. The SMILES string of the molecule is OCCN1CCN(c2nc(NCc3ccc(-n4cccn4)nc3)c3ncn(C4CCCC4)c3n2)CC1. The van der Waals surface area contributed by atoms with Crippen LogP contribution < -0.4 is 10.2 Å². The second-order valence-electron chi connectivity index (χ2n) is 9.52. The third kappa shape index (κ3) is 4.63. The molecule has 4 aromatic heterocycles. The Hall–Kier alpha value is -3.57. The average molecular weight is 489 g/mol. The quantitative estimate of drug-likeness (QED) is 0.385. The number of aliphatic hydroxyl groups is 1. The fourth-order valence-electron chi connectivity index (χ4n) is 5.18. The highest BCUT2D eigenvalue weighted by Crippen LogP contribution is 2.33. The first kappa shape index (κ1) is 22.9. The highest BCUT2D eigenvalue weighted by Gasteiger charge is 2.24. The van der Waals surface area contributed by atoms with Crippen LogP contribution in [0.5, 0.6) is 0 Å². The first-order valence-corrected chi connectivity index (χ1v) is 12.8. The van der Waals surface area contributed by atoms with Crippen molar-refractivity contribution in [3.8, 4) is 5.82 Å². The van der Waals surface area contributed by atoms with Gasteiger partial charge >= 0.3 is 0 Å². The van der Waals surface area contributed by atoms with Gasteiger partial charge in [0.25, 0.3) is 0 Å². The molecule has 188 valence electrons. The van der Waals surface area contributed by atoms with Gasteiger partial charge in [0.2, 0.25) is 5.95 Å². The van der Waals surface area contributed by atoms with Crippen LogP contribution >= 0.6 is 0 Å². The molecule has 0 amide bonds. The summed E-state index contributed by atoms with van der Waals surface area (Å²) in [4.78, 5) is 23.7. The van der Waals surface area contributed by atoms with E-state index < -0.39 is 0 Å². The van der Waals surface area contributed by atoms with E-state index in [1.54, 1.807) is 10.9 Å². The second kappa shape index (κ2) is 10.2. The first-order chi connectivity index (χ1) is 17.8. The number of nitrogens with zero attached hydrogens (tertiary/aromatic N) is 9. The number of anilines is 2. The van der Waals surface area contributed by atoms with Crippen LogP contribution in [0, 0.1) is 0 Å². The Labute approximate surface area is 209 Å². The van der Waals surface area contributed by atoms with Gasteiger partial charge in [-0.1, -0.05) is 18.9 Å². The van der Waals surface area contributed by atoms with Gasteiger partial charge < -0.3 is 19.9 Å². The van der Waals surface area contributed by atoms with Crippen molar-refractivity contribution in [3.05, 3.63) is 48.7 Å². The highest BCUT2D eigenvalue weighted by molar-refractivity contribution is 5.84. The van der Waals surface area contributed by atoms with Gasteiger partial charge in [0, 0.05) is 63.9 Å². The molecule has 1 aliphatic heterocycles. The van der Waals surface area contributed by atoms with Crippen LogP contribution in [0.3, 0.4) is 0 Å². The highest BCUT2D eigenvalue weighted by atomic mass is 16.3. The molecular formula is C25H32N10O. The van der Waals surface area contributed by atoms with Crippen molar-refractivity contribution in [1.82, 2.24) is 39.2 Å². The van der Waals surface area contributed by atoms with E-state index in [-0.39, 0.29) is 6.61 Å². The summed E-state index contributed by atoms with van der Waals surface area (Å²) < 4.78 is 3.99. The van der Waals surface area contributed by atoms with Crippen LogP contribution in [0.2, 0.25) is 0 Å². The summed E-state index contributed by atoms with van der Waals surface area (Å²) in [5, 5.41) is 17.0. The number of hydrogen-bond donors (Lipinski definition) is 2. The summed E-state index contributed by atoms with van der Waals surface area (Å²) in [6.07, 6.45) is 12.3. The van der Waals surface area contributed by atoms with E-state index >= 15 is 0 Å². The number of pyridine rings is 1. The van der Waals surface area contributed by atoms with Gasteiger partial charge in [-0.3, -0.25) is 4.90 Å². The number of imidazole rings is 1. The Kier molecular flexibility index (Phi) is 6.48. The number of hydrogen-bond acceptors (Lipinski definition) is 9. The summed E-state index contributed by atoms with van der Waals surface area (Å²) in [7, 11) is 0. The molecule has 6 rings (SSSR count). The van der Waals surface area contributed by atoms with E-state index in [9.17, 15) is 5.11 Å². The zero-order valence-electron chi connectivity index (χ0n) is 20.4. The van der Waals surface area contributed by atoms with Gasteiger partial charge in [0.15, 0.2) is 22.8 Å². The van der Waals surface area contributed by atoms with Crippen LogP contribution in [0.25, 0.3) is 17.0 Å². The molecule has 0 aromatic carbocycles. The standard InChI is InChI=1S/C25H32N10O/c36-15-14-32-10-12-33(13-11-32)25-30-23(22-24(31-25)34(18-28-22)20-4-1-2-5-20)27-17-19-6-7-21(26-16-19)35-9-3-8-29-35/h3,6-9,16,18,20,36H,1-2,4-5,10-15,17H2,(H,27,30,31). The molecule has 11 heteroatoms. The van der Waals surface area contributed by atoms with E-state index in [1.807, 2.05) is 36.9 Å². The lowest BCUT2D eigenvalue weighted by Gasteiger charge is -2.34. The molecule has 0 radical (unpaired) electrons. The number of β-amino-alcohol motifs (C(OH)–C–C–N with tert-alkyl or cyclic N) is 1. The van der Waals surface area contributed by atoms with Gasteiger partial charge in [-0.15, -0.1) is 0 Å². The molecule has 0 bridgehead atoms. The summed E-state index contributed by atoms with van der Waals surface area (Å²) >= 11 is 0. The predicted molar refractivity (Wildman–Crippen MR) is 137 cm³/mol. The Morgan fingerprint density at radius 3 is 2.61 bits per heavy atom. The van der Waals surface area contributed by atoms with Crippen molar-refractivity contribution in [2.75, 3.05) is 49.5 Å². The largest absolute Gasteiger partial charge is 0.395 e. The van der Waals surface area contributed by atoms with E-state index in [0.29, 0.717) is 19.1 Å². The predicted octanol–water partition coefficient (Wildman–Crippen LogP) is 2.25. The molecule has 1 aliphatic carbocycles. The van der Waals surface area contributed by atoms with E-state index in [0.717, 1.165) is 60.5 Å². The topological polar surface area (TPSA) is 113 Å². The fraction of sp³-hybridized carbons (Fsp3) is 0.480. The first-order valence-electron chi connectivity index (χ1n) is 12.8. The minimum Gasteiger partial charge on any atom is -0.395 e. The fourth-order valence-corrected chi connectivity index (χ4v) is 5.18. The minimum absolute atomic E-state index is 0.189. The molecule has 2 fully saturated rings. The Morgan fingerprint density at radius 1 is 1.03 bits per heavy atom. The molecule has 2 N–H and O–H groups in total. The van der Waals surface area contributed by atoms with Crippen LogP contribution in [0.15, 0.2) is 43.1 Å². The van der Waals surface area contributed by atoms with Crippen LogP contribution in [-0.4, -0.2) is 83.6 Å². The van der Waals surface area contributed by atoms with Crippen molar-refractivity contribution in [1.29, 1.82) is 0 Å². The average Bonchev–Trinajstić information content (AvgIpc) is 3.70. The molecule has 1 saturated carbocycles. The Morgan fingerprint density at radius 2 is 1.89 bits per heavy atom. The lowest BCUT2D eigenvalue weighted by Crippen LogP contribution is -2.47. The monoisotopic (exact) mass is 488 g/mol. The number of aliphatic hydroxyl groups excluding tert-OH is 1. The smallest absolute Gasteiger partial charge is 0.229 e. The Bertz CT molecular complexity index is 1270. The van der Waals surface area contributed by atoms with Crippen molar-refractivity contribution >= 4 is 22.9 Å². The maximum absolute atomic E-state index is 9.28. The van der Waals surface area contributed by atoms with Gasteiger partial charge in [0.05, 0.1) is 12.9 Å². The van der Waals surface area contributed by atoms with Crippen molar-refractivity contribution in [2.24, 2.45) is 0 Å². The van der Waals surface area contributed by atoms with E-state index in [1.165, 1.54) is 25.7 Å². The maximum atomic E-state index is 9.28. The maximum Gasteiger partial charge on any atom is 0.229 e. The number of rotatable bonds is 8. The number of aromatic nitrogens is 7. The molecule has 0 spiro atoms. The molecule has 5 heterocycles. The zero-order valence-corrected chi connectivity index (χ0v) is 20.4. The van der Waals surface area contributed by atoms with Gasteiger partial charge in [-0.25, -0.2) is 14.6 Å². The molecule has 0 unspecified atom stereocenters. The van der Waals surface area contributed by atoms with Gasteiger partial charge in [-0.05, 0) is 30.5 Å². The molecule has 36 heavy (non-hydrogen) atoms. The minimum atomic E-state index is 0.189. The Balaban J connectivity index is 1.26. The molecule has 4 aromatic rings.